The van der Waals surface area contributed by atoms with E-state index in [1.807, 2.05) is 37.3 Å². The smallest absolute Gasteiger partial charge is 0.387 e. The van der Waals surface area contributed by atoms with Gasteiger partial charge in [-0.2, -0.15) is 26.3 Å². The summed E-state index contributed by atoms with van der Waals surface area (Å²) in [5.74, 6) is 0. The molecule has 0 saturated carbocycles. The first kappa shape index (κ1) is 24.7. The van der Waals surface area contributed by atoms with Gasteiger partial charge in [0, 0.05) is 23.7 Å². The largest absolute Gasteiger partial charge is 0.433 e. The number of aromatic nitrogens is 1. The quantitative estimate of drug-likeness (QED) is 0.416. The molecule has 0 radical (unpaired) electrons. The highest BCUT2D eigenvalue weighted by Gasteiger charge is 2.37. The highest BCUT2D eigenvalue weighted by Crippen LogP contribution is 2.36. The molecule has 33 heavy (non-hydrogen) atoms. The first-order valence-electron chi connectivity index (χ1n) is 10.2. The van der Waals surface area contributed by atoms with Crippen LogP contribution in [0.15, 0.2) is 66.7 Å². The molecule has 0 aliphatic carbocycles. The number of nitrogens with one attached hydrogen (secondary N) is 1. The molecular formula is C24H22F6N2O. The van der Waals surface area contributed by atoms with E-state index in [0.29, 0.717) is 6.42 Å². The summed E-state index contributed by atoms with van der Waals surface area (Å²) in [6.07, 6.45) is -10.3. The summed E-state index contributed by atoms with van der Waals surface area (Å²) < 4.78 is 79.2. The number of aliphatic hydroxyl groups is 1. The van der Waals surface area contributed by atoms with Gasteiger partial charge >= 0.3 is 12.4 Å². The van der Waals surface area contributed by atoms with E-state index in [0.717, 1.165) is 35.9 Å². The third-order valence-electron chi connectivity index (χ3n) is 5.11. The van der Waals surface area contributed by atoms with Crippen molar-refractivity contribution in [2.75, 3.05) is 6.54 Å². The number of aliphatic hydroxyl groups excluding tert-OH is 1. The van der Waals surface area contributed by atoms with Crippen LogP contribution < -0.4 is 5.32 Å². The molecule has 1 aromatic heterocycles. The SMILES string of the molecule is C[C@H](Cc1ccccc1)NCC(O)c1ccc(-c2ccc(C(F)(F)F)cc2)nc1C(F)(F)F. The van der Waals surface area contributed by atoms with Crippen LogP contribution in [-0.4, -0.2) is 22.7 Å². The number of hydrogen-bond acceptors (Lipinski definition) is 3. The molecule has 3 rings (SSSR count). The van der Waals surface area contributed by atoms with Gasteiger partial charge in [0.05, 0.1) is 17.4 Å². The molecule has 2 aromatic carbocycles. The molecule has 1 heterocycles. The van der Waals surface area contributed by atoms with E-state index in [1.165, 1.54) is 6.07 Å². The van der Waals surface area contributed by atoms with Gasteiger partial charge in [-0.15, -0.1) is 0 Å². The summed E-state index contributed by atoms with van der Waals surface area (Å²) in [5.41, 5.74) is -1.58. The van der Waals surface area contributed by atoms with E-state index in [4.69, 9.17) is 0 Å². The van der Waals surface area contributed by atoms with Crippen molar-refractivity contribution in [2.45, 2.75) is 37.8 Å². The van der Waals surface area contributed by atoms with E-state index in [-0.39, 0.29) is 23.8 Å². The van der Waals surface area contributed by atoms with Crippen molar-refractivity contribution in [3.63, 3.8) is 0 Å². The standard InChI is InChI=1S/C24H22F6N2O/c1-15(13-16-5-3-2-4-6-16)31-14-21(33)19-11-12-20(32-22(19)24(28,29)30)17-7-9-18(10-8-17)23(25,26)27/h2-12,15,21,31,33H,13-14H2,1H3/t15-,21?/m1/s1. The van der Waals surface area contributed by atoms with Crippen molar-refractivity contribution in [1.82, 2.24) is 10.3 Å². The van der Waals surface area contributed by atoms with Gasteiger partial charge in [-0.25, -0.2) is 4.98 Å². The molecule has 0 bridgehead atoms. The molecule has 0 aliphatic heterocycles. The minimum absolute atomic E-state index is 0.101. The molecule has 2 N–H and O–H groups in total. The Morgan fingerprint density at radius 3 is 2.06 bits per heavy atom. The van der Waals surface area contributed by atoms with Gasteiger partial charge in [-0.3, -0.25) is 0 Å². The monoisotopic (exact) mass is 468 g/mol. The Kier molecular flexibility index (Phi) is 7.44. The average Bonchev–Trinajstić information content (AvgIpc) is 2.76. The fraction of sp³-hybridized carbons (Fsp3) is 0.292. The maximum atomic E-state index is 13.7. The van der Waals surface area contributed by atoms with Gasteiger partial charge < -0.3 is 10.4 Å². The number of alkyl halides is 6. The molecule has 9 heteroatoms. The second kappa shape index (κ2) is 9.93. The summed E-state index contributed by atoms with van der Waals surface area (Å²) in [7, 11) is 0. The van der Waals surface area contributed by atoms with Crippen molar-refractivity contribution in [3.8, 4) is 11.3 Å². The van der Waals surface area contributed by atoms with E-state index in [9.17, 15) is 31.4 Å². The van der Waals surface area contributed by atoms with Gasteiger partial charge in [-0.1, -0.05) is 48.5 Å². The van der Waals surface area contributed by atoms with Crippen LogP contribution in [0.3, 0.4) is 0 Å². The zero-order valence-electron chi connectivity index (χ0n) is 17.6. The van der Waals surface area contributed by atoms with Crippen molar-refractivity contribution >= 4 is 0 Å². The fourth-order valence-electron chi connectivity index (χ4n) is 3.42. The lowest BCUT2D eigenvalue weighted by Crippen LogP contribution is -2.32. The lowest BCUT2D eigenvalue weighted by Gasteiger charge is -2.20. The summed E-state index contributed by atoms with van der Waals surface area (Å²) in [5, 5.41) is 13.5. The van der Waals surface area contributed by atoms with Crippen molar-refractivity contribution in [1.29, 1.82) is 0 Å². The van der Waals surface area contributed by atoms with E-state index in [2.05, 4.69) is 10.3 Å². The highest BCUT2D eigenvalue weighted by molar-refractivity contribution is 5.60. The van der Waals surface area contributed by atoms with Crippen LogP contribution in [0.1, 0.15) is 35.4 Å². The molecule has 1 unspecified atom stereocenters. The topological polar surface area (TPSA) is 45.1 Å². The Bertz CT molecular complexity index is 1050. The van der Waals surface area contributed by atoms with Crippen LogP contribution in [-0.2, 0) is 18.8 Å². The van der Waals surface area contributed by atoms with E-state index >= 15 is 0 Å². The predicted octanol–water partition coefficient (Wildman–Crippen LogP) is 6.04. The first-order valence-corrected chi connectivity index (χ1v) is 10.2. The molecule has 0 spiro atoms. The molecule has 0 fully saturated rings. The van der Waals surface area contributed by atoms with Gasteiger partial charge in [0.15, 0.2) is 5.69 Å². The fourth-order valence-corrected chi connectivity index (χ4v) is 3.42. The second-order valence-electron chi connectivity index (χ2n) is 7.72. The highest BCUT2D eigenvalue weighted by atomic mass is 19.4. The van der Waals surface area contributed by atoms with Crippen LogP contribution >= 0.6 is 0 Å². The Balaban J connectivity index is 1.77. The number of nitrogens with zero attached hydrogens (tertiary/aromatic N) is 1. The van der Waals surface area contributed by atoms with Crippen LogP contribution in [0.2, 0.25) is 0 Å². The van der Waals surface area contributed by atoms with Gasteiger partial charge in [0.2, 0.25) is 0 Å². The molecule has 176 valence electrons. The van der Waals surface area contributed by atoms with E-state index < -0.39 is 35.3 Å². The third-order valence-corrected chi connectivity index (χ3v) is 5.11. The first-order chi connectivity index (χ1) is 15.4. The molecule has 0 aliphatic rings. The second-order valence-corrected chi connectivity index (χ2v) is 7.72. The number of halogens is 6. The van der Waals surface area contributed by atoms with Crippen LogP contribution in [0.5, 0.6) is 0 Å². The zero-order chi connectivity index (χ0) is 24.2. The molecular weight excluding hydrogens is 446 g/mol. The van der Waals surface area contributed by atoms with E-state index in [1.54, 1.807) is 0 Å². The minimum Gasteiger partial charge on any atom is -0.387 e. The normalized spacial score (nSPS) is 14.2. The lowest BCUT2D eigenvalue weighted by atomic mass is 10.0. The maximum Gasteiger partial charge on any atom is 0.433 e. The minimum atomic E-state index is -4.85. The predicted molar refractivity (Wildman–Crippen MR) is 112 cm³/mol. The Morgan fingerprint density at radius 2 is 1.48 bits per heavy atom. The van der Waals surface area contributed by atoms with Crippen molar-refractivity contribution < 1.29 is 31.4 Å². The molecule has 0 saturated heterocycles. The van der Waals surface area contributed by atoms with Crippen molar-refractivity contribution in [3.05, 3.63) is 89.1 Å². The number of benzene rings is 2. The number of hydrogen-bond donors (Lipinski definition) is 2. The Labute approximate surface area is 187 Å². The summed E-state index contributed by atoms with van der Waals surface area (Å²) in [6.45, 7) is 1.73. The van der Waals surface area contributed by atoms with Crippen LogP contribution in [0.4, 0.5) is 26.3 Å². The van der Waals surface area contributed by atoms with Crippen molar-refractivity contribution in [2.24, 2.45) is 0 Å². The summed E-state index contributed by atoms with van der Waals surface area (Å²) in [4.78, 5) is 3.63. The van der Waals surface area contributed by atoms with Gasteiger partial charge in [0.1, 0.15) is 0 Å². The number of pyridine rings is 1. The molecule has 3 nitrogen and oxygen atoms in total. The lowest BCUT2D eigenvalue weighted by molar-refractivity contribution is -0.142. The Morgan fingerprint density at radius 1 is 0.848 bits per heavy atom. The number of rotatable bonds is 7. The van der Waals surface area contributed by atoms with Gasteiger partial charge in [0.25, 0.3) is 0 Å². The Hall–Kier alpha value is -2.91. The van der Waals surface area contributed by atoms with Crippen LogP contribution in [0.25, 0.3) is 11.3 Å². The molecule has 3 aromatic rings. The summed E-state index contributed by atoms with van der Waals surface area (Å²) >= 11 is 0. The third kappa shape index (κ3) is 6.55. The molecule has 2 atom stereocenters. The zero-order valence-corrected chi connectivity index (χ0v) is 17.6. The van der Waals surface area contributed by atoms with Crippen LogP contribution in [0, 0.1) is 0 Å². The van der Waals surface area contributed by atoms with Gasteiger partial charge in [-0.05, 0) is 37.1 Å². The average molecular weight is 468 g/mol. The maximum absolute atomic E-state index is 13.7. The summed E-state index contributed by atoms with van der Waals surface area (Å²) in [6, 6.07) is 15.5. The molecule has 0 amide bonds.